The van der Waals surface area contributed by atoms with Crippen LogP contribution in [0.15, 0.2) is 66.9 Å². The molecule has 3 aromatic rings. The van der Waals surface area contributed by atoms with Gasteiger partial charge in [0.25, 0.3) is 11.8 Å². The topological polar surface area (TPSA) is 85.3 Å². The number of amides is 2. The molecular formula is C21H19ClN4O3. The standard InChI is InChI=1S/C21H19ClN4O3/c1-26-18(12-13-23-26)8-11-20(27)24-25-21(28)16-4-2-15(3-5-16)14-29-19-9-6-17(22)7-10-19/h2-13H,14H2,1H3,(H,24,27)(H,25,28)/b11-8+. The molecule has 0 radical (unpaired) electrons. The van der Waals surface area contributed by atoms with Gasteiger partial charge in [0.05, 0.1) is 5.69 Å². The monoisotopic (exact) mass is 410 g/mol. The molecular weight excluding hydrogens is 392 g/mol. The van der Waals surface area contributed by atoms with Crippen molar-refractivity contribution in [2.45, 2.75) is 6.61 Å². The number of rotatable bonds is 6. The van der Waals surface area contributed by atoms with Crippen LogP contribution in [-0.4, -0.2) is 21.6 Å². The summed E-state index contributed by atoms with van der Waals surface area (Å²) in [6.45, 7) is 0.360. The van der Waals surface area contributed by atoms with Gasteiger partial charge < -0.3 is 4.74 Å². The lowest BCUT2D eigenvalue weighted by Gasteiger charge is -2.08. The fourth-order valence-electron chi connectivity index (χ4n) is 2.39. The van der Waals surface area contributed by atoms with Gasteiger partial charge in [0.2, 0.25) is 0 Å². The highest BCUT2D eigenvalue weighted by Crippen LogP contribution is 2.17. The summed E-state index contributed by atoms with van der Waals surface area (Å²) in [6, 6.07) is 15.7. The first kappa shape index (κ1) is 20.2. The zero-order chi connectivity index (χ0) is 20.6. The number of halogens is 1. The molecule has 0 unspecified atom stereocenters. The average Bonchev–Trinajstić information content (AvgIpc) is 3.15. The second kappa shape index (κ2) is 9.57. The lowest BCUT2D eigenvalue weighted by atomic mass is 10.1. The molecule has 0 bridgehead atoms. The van der Waals surface area contributed by atoms with Crippen molar-refractivity contribution in [2.75, 3.05) is 0 Å². The molecule has 148 valence electrons. The molecule has 0 atom stereocenters. The lowest BCUT2D eigenvalue weighted by molar-refractivity contribution is -0.117. The number of aryl methyl sites for hydroxylation is 1. The molecule has 0 saturated carbocycles. The summed E-state index contributed by atoms with van der Waals surface area (Å²) >= 11 is 5.84. The first-order valence-electron chi connectivity index (χ1n) is 8.75. The number of carbonyl (C=O) groups is 2. The van der Waals surface area contributed by atoms with Crippen molar-refractivity contribution >= 4 is 29.5 Å². The minimum Gasteiger partial charge on any atom is -0.489 e. The first-order valence-corrected chi connectivity index (χ1v) is 9.13. The second-order valence-electron chi connectivity index (χ2n) is 6.10. The van der Waals surface area contributed by atoms with Gasteiger partial charge in [-0.15, -0.1) is 0 Å². The van der Waals surface area contributed by atoms with Crippen molar-refractivity contribution in [3.05, 3.63) is 88.7 Å². The van der Waals surface area contributed by atoms with E-state index in [1.54, 1.807) is 78.6 Å². The maximum Gasteiger partial charge on any atom is 0.269 e. The van der Waals surface area contributed by atoms with E-state index in [1.807, 2.05) is 0 Å². The van der Waals surface area contributed by atoms with Crippen LogP contribution in [-0.2, 0) is 18.4 Å². The maximum absolute atomic E-state index is 12.2. The van der Waals surface area contributed by atoms with Crippen LogP contribution < -0.4 is 15.6 Å². The third kappa shape index (κ3) is 5.95. The van der Waals surface area contributed by atoms with Crippen LogP contribution in [0, 0.1) is 0 Å². The Hall–Kier alpha value is -3.58. The van der Waals surface area contributed by atoms with Gasteiger partial charge in [0.1, 0.15) is 12.4 Å². The minimum absolute atomic E-state index is 0.360. The molecule has 8 heteroatoms. The van der Waals surface area contributed by atoms with Gasteiger partial charge in [-0.3, -0.25) is 25.1 Å². The fourth-order valence-corrected chi connectivity index (χ4v) is 2.52. The van der Waals surface area contributed by atoms with Crippen molar-refractivity contribution in [3.8, 4) is 5.75 Å². The third-order valence-corrected chi connectivity index (χ3v) is 4.25. The Labute approximate surface area is 172 Å². The van der Waals surface area contributed by atoms with E-state index in [0.29, 0.717) is 22.9 Å². The van der Waals surface area contributed by atoms with E-state index in [0.717, 1.165) is 11.3 Å². The Balaban J connectivity index is 1.47. The molecule has 1 heterocycles. The van der Waals surface area contributed by atoms with Crippen molar-refractivity contribution in [3.63, 3.8) is 0 Å². The summed E-state index contributed by atoms with van der Waals surface area (Å²) in [5, 5.41) is 4.64. The molecule has 0 saturated heterocycles. The number of hydrogen-bond acceptors (Lipinski definition) is 4. The van der Waals surface area contributed by atoms with E-state index in [9.17, 15) is 9.59 Å². The number of nitrogens with one attached hydrogen (secondary N) is 2. The molecule has 2 N–H and O–H groups in total. The molecule has 2 aromatic carbocycles. The average molecular weight is 411 g/mol. The van der Waals surface area contributed by atoms with Crippen molar-refractivity contribution in [1.29, 1.82) is 0 Å². The Bertz CT molecular complexity index is 1010. The quantitative estimate of drug-likeness (QED) is 0.483. The number of carbonyl (C=O) groups excluding carboxylic acids is 2. The fraction of sp³-hybridized carbons (Fsp3) is 0.0952. The van der Waals surface area contributed by atoms with E-state index in [-0.39, 0.29) is 0 Å². The highest BCUT2D eigenvalue weighted by atomic mass is 35.5. The molecule has 0 aliphatic rings. The minimum atomic E-state index is -0.451. The number of hydrazine groups is 1. The van der Waals surface area contributed by atoms with E-state index >= 15 is 0 Å². The van der Waals surface area contributed by atoms with E-state index in [4.69, 9.17) is 16.3 Å². The van der Waals surface area contributed by atoms with Gasteiger partial charge in [-0.1, -0.05) is 23.7 Å². The van der Waals surface area contributed by atoms with Gasteiger partial charge in [-0.25, -0.2) is 0 Å². The molecule has 3 rings (SSSR count). The van der Waals surface area contributed by atoms with Crippen LogP contribution >= 0.6 is 11.6 Å². The molecule has 1 aromatic heterocycles. The number of benzene rings is 2. The highest BCUT2D eigenvalue weighted by molar-refractivity contribution is 6.30. The molecule has 0 fully saturated rings. The molecule has 0 aliphatic heterocycles. The molecule has 7 nitrogen and oxygen atoms in total. The summed E-state index contributed by atoms with van der Waals surface area (Å²) < 4.78 is 7.29. The molecule has 0 aliphatic carbocycles. The zero-order valence-electron chi connectivity index (χ0n) is 15.6. The Kier molecular flexibility index (Phi) is 6.65. The predicted molar refractivity (Wildman–Crippen MR) is 110 cm³/mol. The Morgan fingerprint density at radius 2 is 1.79 bits per heavy atom. The van der Waals surface area contributed by atoms with E-state index in [1.165, 1.54) is 6.08 Å². The van der Waals surface area contributed by atoms with Gasteiger partial charge >= 0.3 is 0 Å². The Morgan fingerprint density at radius 3 is 2.45 bits per heavy atom. The van der Waals surface area contributed by atoms with Crippen LogP contribution in [0.3, 0.4) is 0 Å². The van der Waals surface area contributed by atoms with Crippen molar-refractivity contribution < 1.29 is 14.3 Å². The number of nitrogens with zero attached hydrogens (tertiary/aromatic N) is 2. The van der Waals surface area contributed by atoms with Crippen LogP contribution in [0.25, 0.3) is 6.08 Å². The summed E-state index contributed by atoms with van der Waals surface area (Å²) in [7, 11) is 1.77. The number of ether oxygens (including phenoxy) is 1. The summed E-state index contributed by atoms with van der Waals surface area (Å²) in [5.41, 5.74) is 6.79. The molecule has 29 heavy (non-hydrogen) atoms. The van der Waals surface area contributed by atoms with Crippen molar-refractivity contribution in [1.82, 2.24) is 20.6 Å². The normalized spacial score (nSPS) is 10.7. The summed E-state index contributed by atoms with van der Waals surface area (Å²) in [4.78, 5) is 24.0. The van der Waals surface area contributed by atoms with Crippen LogP contribution in [0.1, 0.15) is 21.6 Å². The lowest BCUT2D eigenvalue weighted by Crippen LogP contribution is -2.40. The number of aromatic nitrogens is 2. The zero-order valence-corrected chi connectivity index (χ0v) is 16.4. The second-order valence-corrected chi connectivity index (χ2v) is 6.53. The van der Waals surface area contributed by atoms with Gasteiger partial charge in [-0.05, 0) is 54.1 Å². The van der Waals surface area contributed by atoms with Crippen LogP contribution in [0.2, 0.25) is 5.02 Å². The number of hydrogen-bond donors (Lipinski definition) is 2. The third-order valence-electron chi connectivity index (χ3n) is 4.00. The smallest absolute Gasteiger partial charge is 0.269 e. The highest BCUT2D eigenvalue weighted by Gasteiger charge is 2.06. The van der Waals surface area contributed by atoms with Crippen LogP contribution in [0.4, 0.5) is 0 Å². The van der Waals surface area contributed by atoms with Gasteiger partial charge in [0, 0.05) is 29.9 Å². The summed E-state index contributed by atoms with van der Waals surface area (Å²) in [5.74, 6) is -0.164. The molecule has 0 spiro atoms. The van der Waals surface area contributed by atoms with Gasteiger partial charge in [0.15, 0.2) is 0 Å². The Morgan fingerprint density at radius 1 is 1.07 bits per heavy atom. The molecule has 2 amide bonds. The van der Waals surface area contributed by atoms with E-state index in [2.05, 4.69) is 16.0 Å². The summed E-state index contributed by atoms with van der Waals surface area (Å²) in [6.07, 6.45) is 4.54. The maximum atomic E-state index is 12.2. The van der Waals surface area contributed by atoms with Crippen LogP contribution in [0.5, 0.6) is 5.75 Å². The predicted octanol–water partition coefficient (Wildman–Crippen LogP) is 3.13. The van der Waals surface area contributed by atoms with E-state index < -0.39 is 11.8 Å². The van der Waals surface area contributed by atoms with Crippen molar-refractivity contribution in [2.24, 2.45) is 7.05 Å². The SMILES string of the molecule is Cn1nccc1/C=C/C(=O)NNC(=O)c1ccc(COc2ccc(Cl)cc2)cc1. The largest absolute Gasteiger partial charge is 0.489 e. The first-order chi connectivity index (χ1) is 14.0. The van der Waals surface area contributed by atoms with Gasteiger partial charge in [-0.2, -0.15) is 5.10 Å².